The van der Waals surface area contributed by atoms with Crippen LogP contribution in [-0.2, 0) is 4.79 Å². The summed E-state index contributed by atoms with van der Waals surface area (Å²) < 4.78 is 0. The Hall–Kier alpha value is -2.49. The topological polar surface area (TPSA) is 45.6 Å². The molecule has 4 nitrogen and oxygen atoms in total. The van der Waals surface area contributed by atoms with E-state index in [0.717, 1.165) is 33.6 Å². The predicted molar refractivity (Wildman–Crippen MR) is 94.8 cm³/mol. The molecule has 0 fully saturated rings. The third-order valence-electron chi connectivity index (χ3n) is 3.93. The summed E-state index contributed by atoms with van der Waals surface area (Å²) in [6.45, 7) is 9.91. The molecule has 0 N–H and O–H groups in total. The van der Waals surface area contributed by atoms with Crippen molar-refractivity contribution in [3.05, 3.63) is 47.7 Å². The van der Waals surface area contributed by atoms with Crippen molar-refractivity contribution < 1.29 is 4.79 Å². The van der Waals surface area contributed by atoms with Crippen molar-refractivity contribution in [1.82, 2.24) is 4.98 Å². The summed E-state index contributed by atoms with van der Waals surface area (Å²) >= 11 is 0. The monoisotopic (exact) mass is 307 g/mol. The molecule has 0 atom stereocenters. The number of carbonyl (C=O) groups is 1. The zero-order chi connectivity index (χ0) is 16.8. The highest BCUT2D eigenvalue weighted by molar-refractivity contribution is 6.35. The van der Waals surface area contributed by atoms with Gasteiger partial charge in [0.25, 0.3) is 5.91 Å². The lowest BCUT2D eigenvalue weighted by Gasteiger charge is -2.23. The molecular weight excluding hydrogens is 286 g/mol. The van der Waals surface area contributed by atoms with Crippen molar-refractivity contribution in [3.8, 4) is 0 Å². The van der Waals surface area contributed by atoms with Crippen LogP contribution in [0.1, 0.15) is 34.6 Å². The first-order chi connectivity index (χ1) is 10.8. The number of hydrogen-bond donors (Lipinski definition) is 0. The molecule has 118 valence electrons. The Morgan fingerprint density at radius 3 is 2.43 bits per heavy atom. The summed E-state index contributed by atoms with van der Waals surface area (Å²) in [4.78, 5) is 23.8. The van der Waals surface area contributed by atoms with Gasteiger partial charge in [-0.2, -0.15) is 0 Å². The lowest BCUT2D eigenvalue weighted by Crippen LogP contribution is -2.33. The normalized spacial score (nSPS) is 17.7. The number of benzene rings is 1. The highest BCUT2D eigenvalue weighted by Crippen LogP contribution is 2.33. The summed E-state index contributed by atoms with van der Waals surface area (Å²) in [6.07, 6.45) is 1.75. The van der Waals surface area contributed by atoms with Gasteiger partial charge in [-0.1, -0.05) is 18.2 Å². The first kappa shape index (κ1) is 15.4. The molecular formula is C19H21N3O. The maximum atomic E-state index is 12.8. The number of fused-ring (bicyclic) bond motifs is 1. The molecule has 2 aromatic rings. The predicted octanol–water partition coefficient (Wildman–Crippen LogP) is 4.11. The van der Waals surface area contributed by atoms with Crippen molar-refractivity contribution >= 4 is 28.3 Å². The molecule has 4 heteroatoms. The van der Waals surface area contributed by atoms with Crippen LogP contribution in [0.5, 0.6) is 0 Å². The zero-order valence-electron chi connectivity index (χ0n) is 14.2. The number of aromatic nitrogens is 1. The van der Waals surface area contributed by atoms with Crippen molar-refractivity contribution in [3.63, 3.8) is 0 Å². The SMILES string of the molecule is CC1=C(C)C(=NC(C)(C)C)N(c2cccc3cccnc23)C1=O. The van der Waals surface area contributed by atoms with Crippen LogP contribution in [0.25, 0.3) is 10.9 Å². The maximum absolute atomic E-state index is 12.8. The molecule has 0 spiro atoms. The highest BCUT2D eigenvalue weighted by atomic mass is 16.2. The first-order valence-electron chi connectivity index (χ1n) is 7.75. The number of pyridine rings is 1. The number of nitrogens with zero attached hydrogens (tertiary/aromatic N) is 3. The van der Waals surface area contributed by atoms with E-state index in [4.69, 9.17) is 4.99 Å². The minimum absolute atomic E-state index is 0.0244. The molecule has 3 rings (SSSR count). The van der Waals surface area contributed by atoms with Gasteiger partial charge < -0.3 is 0 Å². The number of amides is 1. The van der Waals surface area contributed by atoms with E-state index in [9.17, 15) is 4.79 Å². The summed E-state index contributed by atoms with van der Waals surface area (Å²) in [5, 5.41) is 1.01. The Labute approximate surface area is 136 Å². The van der Waals surface area contributed by atoms with Gasteiger partial charge >= 0.3 is 0 Å². The lowest BCUT2D eigenvalue weighted by atomic mass is 10.1. The Bertz CT molecular complexity index is 851. The van der Waals surface area contributed by atoms with Crippen LogP contribution >= 0.6 is 0 Å². The number of amidine groups is 1. The third-order valence-corrected chi connectivity index (χ3v) is 3.93. The molecule has 0 saturated carbocycles. The van der Waals surface area contributed by atoms with E-state index >= 15 is 0 Å². The standard InChI is InChI=1S/C19H21N3O/c1-12-13(2)18(23)22(17(12)21-19(3,4)5)15-10-6-8-14-9-7-11-20-16(14)15/h6-11H,1-5H3. The number of para-hydroxylation sites is 1. The third kappa shape index (κ3) is 2.65. The van der Waals surface area contributed by atoms with Gasteiger partial charge in [0.05, 0.1) is 16.7 Å². The highest BCUT2D eigenvalue weighted by Gasteiger charge is 2.34. The van der Waals surface area contributed by atoms with Crippen LogP contribution in [-0.4, -0.2) is 22.3 Å². The fourth-order valence-corrected chi connectivity index (χ4v) is 2.70. The summed E-state index contributed by atoms with van der Waals surface area (Å²) in [6, 6.07) is 9.78. The lowest BCUT2D eigenvalue weighted by molar-refractivity contribution is -0.113. The molecule has 1 aliphatic heterocycles. The molecule has 0 bridgehead atoms. The van der Waals surface area contributed by atoms with Crippen LogP contribution in [0.3, 0.4) is 0 Å². The second-order valence-electron chi connectivity index (χ2n) is 6.85. The molecule has 23 heavy (non-hydrogen) atoms. The van der Waals surface area contributed by atoms with Gasteiger partial charge in [0.1, 0.15) is 5.84 Å². The average molecular weight is 307 g/mol. The van der Waals surface area contributed by atoms with Gasteiger partial charge in [0, 0.05) is 22.7 Å². The number of anilines is 1. The summed E-state index contributed by atoms with van der Waals surface area (Å²) in [5.41, 5.74) is 3.00. The van der Waals surface area contributed by atoms with Crippen molar-refractivity contribution in [2.45, 2.75) is 40.2 Å². The quantitative estimate of drug-likeness (QED) is 0.795. The largest absolute Gasteiger partial charge is 0.269 e. The second-order valence-corrected chi connectivity index (χ2v) is 6.85. The van der Waals surface area contributed by atoms with E-state index in [2.05, 4.69) is 4.98 Å². The molecule has 0 unspecified atom stereocenters. The Morgan fingerprint density at radius 1 is 1.04 bits per heavy atom. The fourth-order valence-electron chi connectivity index (χ4n) is 2.70. The van der Waals surface area contributed by atoms with Crippen LogP contribution < -0.4 is 4.90 Å². The number of carbonyl (C=O) groups excluding carboxylic acids is 1. The van der Waals surface area contributed by atoms with Gasteiger partial charge in [0.15, 0.2) is 0 Å². The van der Waals surface area contributed by atoms with Crippen LogP contribution in [0, 0.1) is 0 Å². The smallest absolute Gasteiger partial charge is 0.260 e. The van der Waals surface area contributed by atoms with Crippen LogP contribution in [0.2, 0.25) is 0 Å². The van der Waals surface area contributed by atoms with Gasteiger partial charge in [-0.15, -0.1) is 0 Å². The van der Waals surface area contributed by atoms with E-state index < -0.39 is 0 Å². The van der Waals surface area contributed by atoms with Crippen LogP contribution in [0.4, 0.5) is 5.69 Å². The molecule has 1 amide bonds. The summed E-state index contributed by atoms with van der Waals surface area (Å²) in [7, 11) is 0. The second kappa shape index (κ2) is 5.30. The molecule has 2 heterocycles. The van der Waals surface area contributed by atoms with Crippen LogP contribution in [0.15, 0.2) is 52.7 Å². The minimum atomic E-state index is -0.266. The van der Waals surface area contributed by atoms with E-state index in [1.54, 1.807) is 11.1 Å². The Kier molecular flexibility index (Phi) is 3.55. The van der Waals surface area contributed by atoms with Crippen molar-refractivity contribution in [1.29, 1.82) is 0 Å². The van der Waals surface area contributed by atoms with Gasteiger partial charge in [0.2, 0.25) is 0 Å². The number of rotatable bonds is 1. The van der Waals surface area contributed by atoms with Gasteiger partial charge in [-0.3, -0.25) is 19.7 Å². The fraction of sp³-hybridized carbons (Fsp3) is 0.316. The van der Waals surface area contributed by atoms with Gasteiger partial charge in [-0.25, -0.2) is 0 Å². The maximum Gasteiger partial charge on any atom is 0.260 e. The van der Waals surface area contributed by atoms with Gasteiger partial charge in [-0.05, 0) is 46.8 Å². The minimum Gasteiger partial charge on any atom is -0.269 e. The molecule has 0 saturated heterocycles. The van der Waals surface area contributed by atoms with E-state index in [1.807, 2.05) is 65.0 Å². The summed E-state index contributed by atoms with van der Waals surface area (Å²) in [5.74, 6) is 0.696. The molecule has 1 aromatic carbocycles. The Balaban J connectivity index is 2.25. The van der Waals surface area contributed by atoms with E-state index in [-0.39, 0.29) is 11.4 Å². The molecule has 0 aliphatic carbocycles. The van der Waals surface area contributed by atoms with E-state index in [1.165, 1.54) is 0 Å². The molecule has 1 aliphatic rings. The molecule has 0 radical (unpaired) electrons. The zero-order valence-corrected chi connectivity index (χ0v) is 14.2. The Morgan fingerprint density at radius 2 is 1.74 bits per heavy atom. The first-order valence-corrected chi connectivity index (χ1v) is 7.75. The van der Waals surface area contributed by atoms with E-state index in [0.29, 0.717) is 0 Å². The number of aliphatic imine (C=N–C) groups is 1. The molecule has 1 aromatic heterocycles. The van der Waals surface area contributed by atoms with Crippen molar-refractivity contribution in [2.24, 2.45) is 4.99 Å². The number of hydrogen-bond acceptors (Lipinski definition) is 3. The van der Waals surface area contributed by atoms with Crippen molar-refractivity contribution in [2.75, 3.05) is 4.90 Å². The average Bonchev–Trinajstić information content (AvgIpc) is 2.70.